The number of hydrogen-bond donors (Lipinski definition) is 0. The number of ketones is 1. The molecule has 1 aliphatic rings. The zero-order valence-corrected chi connectivity index (χ0v) is 12.9. The molecule has 0 radical (unpaired) electrons. The van der Waals surface area contributed by atoms with Gasteiger partial charge in [0, 0.05) is 25.9 Å². The number of Topliss-reactive ketones (excluding diaryl/α,β-unsaturated/α-hetero) is 1. The molecule has 0 aliphatic heterocycles. The van der Waals surface area contributed by atoms with Crippen molar-refractivity contribution in [3.63, 3.8) is 0 Å². The van der Waals surface area contributed by atoms with Crippen LogP contribution in [0.5, 0.6) is 5.75 Å². The van der Waals surface area contributed by atoms with Crippen molar-refractivity contribution < 1.29 is 9.53 Å². The highest BCUT2D eigenvalue weighted by Gasteiger charge is 2.33. The van der Waals surface area contributed by atoms with Crippen molar-refractivity contribution in [1.29, 1.82) is 0 Å². The van der Waals surface area contributed by atoms with E-state index in [1.54, 1.807) is 7.11 Å². The molecule has 3 heteroatoms. The molecule has 0 amide bonds. The third-order valence-electron chi connectivity index (χ3n) is 4.39. The largest absolute Gasteiger partial charge is 0.495 e. The molecule has 1 aliphatic carbocycles. The molecule has 20 heavy (non-hydrogen) atoms. The Kier molecular flexibility index (Phi) is 4.69. The molecule has 3 nitrogen and oxygen atoms in total. The highest BCUT2D eigenvalue weighted by atomic mass is 16.5. The van der Waals surface area contributed by atoms with Crippen molar-refractivity contribution in [2.24, 2.45) is 17.8 Å². The highest BCUT2D eigenvalue weighted by molar-refractivity contribution is 5.83. The molecule has 0 saturated heterocycles. The van der Waals surface area contributed by atoms with Crippen LogP contribution in [0.3, 0.4) is 0 Å². The Balaban J connectivity index is 2.11. The predicted octanol–water partition coefficient (Wildman–Crippen LogP) is 3.38. The van der Waals surface area contributed by atoms with Gasteiger partial charge in [-0.2, -0.15) is 0 Å². The van der Waals surface area contributed by atoms with E-state index in [2.05, 4.69) is 18.7 Å². The summed E-state index contributed by atoms with van der Waals surface area (Å²) in [6.07, 6.45) is 1.88. The van der Waals surface area contributed by atoms with Crippen LogP contribution in [-0.2, 0) is 4.79 Å². The Morgan fingerprint density at radius 3 is 2.65 bits per heavy atom. The smallest absolute Gasteiger partial charge is 0.142 e. The average Bonchev–Trinajstić information content (AvgIpc) is 2.42. The summed E-state index contributed by atoms with van der Waals surface area (Å²) in [5, 5.41) is 0. The minimum Gasteiger partial charge on any atom is -0.495 e. The molecule has 1 fully saturated rings. The molecule has 110 valence electrons. The Morgan fingerprint density at radius 1 is 1.30 bits per heavy atom. The Bertz CT molecular complexity index is 472. The van der Waals surface area contributed by atoms with Gasteiger partial charge in [0.25, 0.3) is 0 Å². The number of nitrogens with zero attached hydrogens (tertiary/aromatic N) is 1. The van der Waals surface area contributed by atoms with Crippen molar-refractivity contribution in [3.8, 4) is 5.75 Å². The summed E-state index contributed by atoms with van der Waals surface area (Å²) in [7, 11) is 3.72. The van der Waals surface area contributed by atoms with Gasteiger partial charge in [-0.15, -0.1) is 0 Å². The fraction of sp³-hybridized carbons (Fsp3) is 0.588. The number of hydrogen-bond acceptors (Lipinski definition) is 3. The molecule has 0 N–H and O–H groups in total. The fourth-order valence-electron chi connectivity index (χ4n) is 3.31. The summed E-state index contributed by atoms with van der Waals surface area (Å²) < 4.78 is 5.40. The van der Waals surface area contributed by atoms with E-state index in [9.17, 15) is 4.79 Å². The quantitative estimate of drug-likeness (QED) is 0.843. The van der Waals surface area contributed by atoms with Crippen molar-refractivity contribution in [1.82, 2.24) is 0 Å². The van der Waals surface area contributed by atoms with Crippen LogP contribution in [-0.4, -0.2) is 26.5 Å². The van der Waals surface area contributed by atoms with Crippen molar-refractivity contribution >= 4 is 11.5 Å². The Labute approximate surface area is 121 Å². The first kappa shape index (κ1) is 14.9. The lowest BCUT2D eigenvalue weighted by Gasteiger charge is -2.34. The van der Waals surface area contributed by atoms with Crippen LogP contribution in [0.1, 0.15) is 26.7 Å². The predicted molar refractivity (Wildman–Crippen MR) is 82.3 cm³/mol. The first-order valence-electron chi connectivity index (χ1n) is 7.39. The van der Waals surface area contributed by atoms with E-state index >= 15 is 0 Å². The lowest BCUT2D eigenvalue weighted by molar-refractivity contribution is -0.127. The van der Waals surface area contributed by atoms with Gasteiger partial charge in [-0.3, -0.25) is 4.79 Å². The topological polar surface area (TPSA) is 29.5 Å². The fourth-order valence-corrected chi connectivity index (χ4v) is 3.31. The SMILES string of the molecule is COc1ccccc1N(C)CC1C(=O)CC(C)CC1C. The van der Waals surface area contributed by atoms with E-state index in [4.69, 9.17) is 4.74 Å². The molecule has 1 aromatic rings. The maximum atomic E-state index is 12.3. The van der Waals surface area contributed by atoms with Gasteiger partial charge in [0.2, 0.25) is 0 Å². The van der Waals surface area contributed by atoms with Gasteiger partial charge in [-0.25, -0.2) is 0 Å². The number of ether oxygens (including phenoxy) is 1. The third kappa shape index (κ3) is 3.14. The second-order valence-corrected chi connectivity index (χ2v) is 6.15. The average molecular weight is 275 g/mol. The lowest BCUT2D eigenvalue weighted by Crippen LogP contribution is -2.39. The van der Waals surface area contributed by atoms with E-state index in [0.29, 0.717) is 17.6 Å². The molecule has 0 bridgehead atoms. The first-order valence-corrected chi connectivity index (χ1v) is 7.39. The number of rotatable bonds is 4. The second-order valence-electron chi connectivity index (χ2n) is 6.15. The number of benzene rings is 1. The Morgan fingerprint density at radius 2 is 2.00 bits per heavy atom. The molecule has 3 unspecified atom stereocenters. The van der Waals surface area contributed by atoms with Gasteiger partial charge < -0.3 is 9.64 Å². The van der Waals surface area contributed by atoms with Gasteiger partial charge in [0.15, 0.2) is 0 Å². The van der Waals surface area contributed by atoms with Crippen molar-refractivity contribution in [2.75, 3.05) is 25.6 Å². The summed E-state index contributed by atoms with van der Waals surface area (Å²) in [6.45, 7) is 5.15. The summed E-state index contributed by atoms with van der Waals surface area (Å²) in [4.78, 5) is 14.4. The third-order valence-corrected chi connectivity index (χ3v) is 4.39. The van der Waals surface area contributed by atoms with Crippen molar-refractivity contribution in [3.05, 3.63) is 24.3 Å². The molecule has 2 rings (SSSR count). The lowest BCUT2D eigenvalue weighted by atomic mass is 9.74. The van der Waals surface area contributed by atoms with Crippen LogP contribution >= 0.6 is 0 Å². The maximum Gasteiger partial charge on any atom is 0.142 e. The molecule has 0 aromatic heterocycles. The monoisotopic (exact) mass is 275 g/mol. The number of methoxy groups -OCH3 is 1. The van der Waals surface area contributed by atoms with Crippen LogP contribution in [0.25, 0.3) is 0 Å². The van der Waals surface area contributed by atoms with Gasteiger partial charge in [-0.1, -0.05) is 26.0 Å². The minimum absolute atomic E-state index is 0.140. The van der Waals surface area contributed by atoms with Gasteiger partial charge in [-0.05, 0) is 30.4 Å². The zero-order chi connectivity index (χ0) is 14.7. The van der Waals surface area contributed by atoms with Crippen LogP contribution < -0.4 is 9.64 Å². The van der Waals surface area contributed by atoms with E-state index in [1.165, 1.54) is 0 Å². The van der Waals surface area contributed by atoms with Gasteiger partial charge in [0.05, 0.1) is 12.8 Å². The van der Waals surface area contributed by atoms with Crippen LogP contribution in [0, 0.1) is 17.8 Å². The maximum absolute atomic E-state index is 12.3. The van der Waals surface area contributed by atoms with Crippen LogP contribution in [0.2, 0.25) is 0 Å². The minimum atomic E-state index is 0.140. The van der Waals surface area contributed by atoms with E-state index < -0.39 is 0 Å². The summed E-state index contributed by atoms with van der Waals surface area (Å²) in [6, 6.07) is 7.97. The Hall–Kier alpha value is -1.51. The summed E-state index contributed by atoms with van der Waals surface area (Å²) >= 11 is 0. The van der Waals surface area contributed by atoms with Gasteiger partial charge >= 0.3 is 0 Å². The molecule has 1 saturated carbocycles. The first-order chi connectivity index (χ1) is 9.52. The van der Waals surface area contributed by atoms with Crippen molar-refractivity contribution in [2.45, 2.75) is 26.7 Å². The van der Waals surface area contributed by atoms with E-state index in [1.807, 2.05) is 31.3 Å². The zero-order valence-electron chi connectivity index (χ0n) is 12.9. The molecular weight excluding hydrogens is 250 g/mol. The van der Waals surface area contributed by atoms with E-state index in [-0.39, 0.29) is 5.92 Å². The number of anilines is 1. The second kappa shape index (κ2) is 6.29. The standard InChI is InChI=1S/C17H25NO2/c1-12-9-13(2)14(16(19)10-12)11-18(3)15-7-5-6-8-17(15)20-4/h5-8,12-14H,9-11H2,1-4H3. The number of para-hydroxylation sites is 2. The normalized spacial score (nSPS) is 26.4. The van der Waals surface area contributed by atoms with Crippen LogP contribution in [0.4, 0.5) is 5.69 Å². The molecule has 0 heterocycles. The molecule has 3 atom stereocenters. The highest BCUT2D eigenvalue weighted by Crippen LogP contribution is 2.33. The van der Waals surface area contributed by atoms with Gasteiger partial charge in [0.1, 0.15) is 11.5 Å². The van der Waals surface area contributed by atoms with E-state index in [0.717, 1.165) is 30.8 Å². The molecule has 0 spiro atoms. The summed E-state index contributed by atoms with van der Waals surface area (Å²) in [5.74, 6) is 2.41. The van der Waals surface area contributed by atoms with Crippen LogP contribution in [0.15, 0.2) is 24.3 Å². The number of carbonyl (C=O) groups is 1. The molecule has 1 aromatic carbocycles. The summed E-state index contributed by atoms with van der Waals surface area (Å²) in [5.41, 5.74) is 1.05. The number of carbonyl (C=O) groups excluding carboxylic acids is 1. The molecular formula is C17H25NO2.